The lowest BCUT2D eigenvalue weighted by Crippen LogP contribution is -2.18. The smallest absolute Gasteiger partial charge is 0.266 e. The average Bonchev–Trinajstić information content (AvgIpc) is 3.18. The summed E-state index contributed by atoms with van der Waals surface area (Å²) in [5.41, 5.74) is 1.93. The number of halogens is 3. The van der Waals surface area contributed by atoms with Crippen molar-refractivity contribution in [1.82, 2.24) is 5.16 Å². The minimum atomic E-state index is -4.28. The van der Waals surface area contributed by atoms with Crippen LogP contribution in [-0.4, -0.2) is 20.2 Å². The molecule has 0 aliphatic heterocycles. The van der Waals surface area contributed by atoms with Gasteiger partial charge in [0.15, 0.2) is 5.82 Å². The van der Waals surface area contributed by atoms with Gasteiger partial charge in [-0.1, -0.05) is 35.0 Å². The molecule has 1 N–H and O–H groups in total. The van der Waals surface area contributed by atoms with E-state index in [1.165, 1.54) is 18.2 Å². The van der Waals surface area contributed by atoms with Crippen LogP contribution in [0.5, 0.6) is 5.75 Å². The first kappa shape index (κ1) is 23.3. The fourth-order valence-corrected chi connectivity index (χ4v) is 5.09. The van der Waals surface area contributed by atoms with Crippen molar-refractivity contribution in [1.29, 1.82) is 0 Å². The molecular weight excluding hydrogens is 474 g/mol. The topological polar surface area (TPSA) is 81.4 Å². The summed E-state index contributed by atoms with van der Waals surface area (Å²) in [5.74, 6) is -0.959. The fourth-order valence-electron chi connectivity index (χ4n) is 3.74. The van der Waals surface area contributed by atoms with E-state index in [4.69, 9.17) is 20.9 Å². The number of aryl methyl sites for hydroxylation is 1. The van der Waals surface area contributed by atoms with Crippen LogP contribution in [0.1, 0.15) is 30.6 Å². The van der Waals surface area contributed by atoms with Crippen molar-refractivity contribution < 1.29 is 26.5 Å². The monoisotopic (exact) mass is 494 g/mol. The maximum Gasteiger partial charge on any atom is 0.266 e. The van der Waals surface area contributed by atoms with E-state index in [0.717, 1.165) is 42.5 Å². The van der Waals surface area contributed by atoms with Gasteiger partial charge in [-0.15, -0.1) is 0 Å². The summed E-state index contributed by atoms with van der Waals surface area (Å²) in [7, 11) is -4.28. The Morgan fingerprint density at radius 2 is 1.97 bits per heavy atom. The third kappa shape index (κ3) is 5.36. The normalized spacial score (nSPS) is 16.4. The van der Waals surface area contributed by atoms with Gasteiger partial charge in [0.05, 0.1) is 11.6 Å². The Labute approximate surface area is 195 Å². The first-order valence-electron chi connectivity index (χ1n) is 10.3. The summed E-state index contributed by atoms with van der Waals surface area (Å²) < 4.78 is 65.9. The van der Waals surface area contributed by atoms with Crippen molar-refractivity contribution >= 4 is 33.0 Å². The summed E-state index contributed by atoms with van der Waals surface area (Å²) >= 11 is 6.23. The molecule has 0 bridgehead atoms. The largest absolute Gasteiger partial charge is 0.491 e. The van der Waals surface area contributed by atoms with Gasteiger partial charge >= 0.3 is 0 Å². The standard InChI is InChI=1S/C23H21ClF2N2O4S/c1-14-10-23(27-32-14)28-33(29,30)22-11-19(24)21(12-20(22)26)31-13-16-4-2-3-5-18(16)15-6-8-17(25)9-7-15/h5-12,16H,2-4,13H2,1H3,(H,27,28). The van der Waals surface area contributed by atoms with Crippen LogP contribution in [0.3, 0.4) is 0 Å². The van der Waals surface area contributed by atoms with Crippen molar-refractivity contribution in [3.05, 3.63) is 76.5 Å². The molecule has 0 spiro atoms. The van der Waals surface area contributed by atoms with Crippen LogP contribution in [0.2, 0.25) is 5.02 Å². The second-order valence-corrected chi connectivity index (χ2v) is 9.80. The molecule has 10 heteroatoms. The molecule has 6 nitrogen and oxygen atoms in total. The SMILES string of the molecule is Cc1cc(NS(=O)(=O)c2cc(Cl)c(OCC3CCCC=C3c3ccc(F)cc3)cc2F)no1. The number of allylic oxidation sites excluding steroid dienone is 1. The number of benzene rings is 2. The van der Waals surface area contributed by atoms with Gasteiger partial charge in [-0.05, 0) is 55.5 Å². The molecule has 33 heavy (non-hydrogen) atoms. The number of aromatic nitrogens is 1. The van der Waals surface area contributed by atoms with E-state index in [9.17, 15) is 17.2 Å². The van der Waals surface area contributed by atoms with Gasteiger partial charge in [0.25, 0.3) is 10.0 Å². The van der Waals surface area contributed by atoms with Crippen LogP contribution in [0.25, 0.3) is 5.57 Å². The van der Waals surface area contributed by atoms with E-state index in [2.05, 4.69) is 16.0 Å². The highest BCUT2D eigenvalue weighted by Crippen LogP contribution is 2.35. The van der Waals surface area contributed by atoms with Crippen LogP contribution < -0.4 is 9.46 Å². The summed E-state index contributed by atoms with van der Waals surface area (Å²) in [4.78, 5) is -0.634. The van der Waals surface area contributed by atoms with Crippen molar-refractivity contribution in [3.63, 3.8) is 0 Å². The highest BCUT2D eigenvalue weighted by molar-refractivity contribution is 7.92. The number of nitrogens with zero attached hydrogens (tertiary/aromatic N) is 1. The Morgan fingerprint density at radius 3 is 2.67 bits per heavy atom. The van der Waals surface area contributed by atoms with Gasteiger partial charge in [-0.25, -0.2) is 17.2 Å². The Bertz CT molecular complexity index is 1290. The Balaban J connectivity index is 1.51. The van der Waals surface area contributed by atoms with Gasteiger partial charge in [0.2, 0.25) is 0 Å². The number of hydrogen-bond donors (Lipinski definition) is 1. The second-order valence-electron chi connectivity index (χ2n) is 7.75. The minimum Gasteiger partial charge on any atom is -0.491 e. The van der Waals surface area contributed by atoms with Crippen LogP contribution in [0.15, 0.2) is 58.0 Å². The first-order valence-corrected chi connectivity index (χ1v) is 12.1. The fraction of sp³-hybridized carbons (Fsp3) is 0.261. The molecule has 174 valence electrons. The van der Waals surface area contributed by atoms with Crippen molar-refractivity contribution in [2.75, 3.05) is 11.3 Å². The van der Waals surface area contributed by atoms with Gasteiger partial charge < -0.3 is 9.26 Å². The zero-order valence-electron chi connectivity index (χ0n) is 17.6. The molecule has 4 rings (SSSR count). The summed E-state index contributed by atoms with van der Waals surface area (Å²) in [6.07, 6.45) is 4.81. The zero-order chi connectivity index (χ0) is 23.6. The molecule has 0 fully saturated rings. The number of nitrogens with one attached hydrogen (secondary N) is 1. The minimum absolute atomic E-state index is 0.00354. The van der Waals surface area contributed by atoms with Crippen LogP contribution in [0, 0.1) is 24.5 Å². The number of hydrogen-bond acceptors (Lipinski definition) is 5. The molecule has 1 aliphatic rings. The molecular formula is C23H21ClF2N2O4S. The lowest BCUT2D eigenvalue weighted by molar-refractivity contribution is 0.267. The Morgan fingerprint density at radius 1 is 1.21 bits per heavy atom. The molecule has 1 aromatic heterocycles. The first-order chi connectivity index (χ1) is 15.7. The highest BCUT2D eigenvalue weighted by Gasteiger charge is 2.25. The van der Waals surface area contributed by atoms with E-state index in [-0.39, 0.29) is 34.9 Å². The Kier molecular flexibility index (Phi) is 6.71. The van der Waals surface area contributed by atoms with Gasteiger partial charge in [0.1, 0.15) is 28.0 Å². The molecule has 0 amide bonds. The maximum absolute atomic E-state index is 14.7. The summed E-state index contributed by atoms with van der Waals surface area (Å²) in [6, 6.07) is 9.56. The summed E-state index contributed by atoms with van der Waals surface area (Å²) in [6.45, 7) is 1.81. The van der Waals surface area contributed by atoms with Crippen molar-refractivity contribution in [2.24, 2.45) is 5.92 Å². The van der Waals surface area contributed by atoms with Gasteiger partial charge in [-0.2, -0.15) is 0 Å². The van der Waals surface area contributed by atoms with Gasteiger partial charge in [0, 0.05) is 18.1 Å². The molecule has 0 saturated carbocycles. The van der Waals surface area contributed by atoms with E-state index >= 15 is 0 Å². The van der Waals surface area contributed by atoms with Gasteiger partial charge in [-0.3, -0.25) is 4.72 Å². The second kappa shape index (κ2) is 9.52. The third-order valence-electron chi connectivity index (χ3n) is 5.32. The average molecular weight is 495 g/mol. The molecule has 1 unspecified atom stereocenters. The van der Waals surface area contributed by atoms with Crippen molar-refractivity contribution in [2.45, 2.75) is 31.1 Å². The lowest BCUT2D eigenvalue weighted by Gasteiger charge is -2.25. The molecule has 3 aromatic rings. The number of anilines is 1. The summed E-state index contributed by atoms with van der Waals surface area (Å²) in [5, 5.41) is 3.50. The quantitative estimate of drug-likeness (QED) is 0.437. The molecule has 1 aliphatic carbocycles. The number of sulfonamides is 1. The van der Waals surface area contributed by atoms with E-state index in [0.29, 0.717) is 5.76 Å². The van der Waals surface area contributed by atoms with Crippen LogP contribution in [0.4, 0.5) is 14.6 Å². The molecule has 1 atom stereocenters. The van der Waals surface area contributed by atoms with E-state index in [1.54, 1.807) is 19.1 Å². The highest BCUT2D eigenvalue weighted by atomic mass is 35.5. The maximum atomic E-state index is 14.7. The van der Waals surface area contributed by atoms with Crippen molar-refractivity contribution in [3.8, 4) is 5.75 Å². The predicted octanol–water partition coefficient (Wildman–Crippen LogP) is 5.98. The molecule has 2 aromatic carbocycles. The molecule has 1 heterocycles. The predicted molar refractivity (Wildman–Crippen MR) is 121 cm³/mol. The van der Waals surface area contributed by atoms with E-state index < -0.39 is 20.7 Å². The van der Waals surface area contributed by atoms with Crippen LogP contribution in [-0.2, 0) is 10.0 Å². The molecule has 0 radical (unpaired) electrons. The van der Waals surface area contributed by atoms with Crippen LogP contribution >= 0.6 is 11.6 Å². The Hall–Kier alpha value is -2.91. The number of ether oxygens (including phenoxy) is 1. The number of rotatable bonds is 7. The van der Waals surface area contributed by atoms with E-state index in [1.807, 2.05) is 0 Å². The zero-order valence-corrected chi connectivity index (χ0v) is 19.2. The molecule has 0 saturated heterocycles. The third-order valence-corrected chi connectivity index (χ3v) is 6.99. The lowest BCUT2D eigenvalue weighted by atomic mass is 9.84.